The largest absolute Gasteiger partial charge is 0.491 e. The molecule has 296 valence electrons. The van der Waals surface area contributed by atoms with Crippen molar-refractivity contribution in [1.29, 1.82) is 0 Å². The Morgan fingerprint density at radius 1 is 0.981 bits per heavy atom. The molecule has 0 radical (unpaired) electrons. The Morgan fingerprint density at radius 2 is 1.66 bits per heavy atom. The van der Waals surface area contributed by atoms with E-state index in [-0.39, 0.29) is 88.8 Å². The van der Waals surface area contributed by atoms with Gasteiger partial charge in [-0.1, -0.05) is 12.1 Å². The van der Waals surface area contributed by atoms with E-state index in [4.69, 9.17) is 23.7 Å². The molecule has 6 atom stereocenters. The highest BCUT2D eigenvalue weighted by Gasteiger charge is 2.55. The van der Waals surface area contributed by atoms with Gasteiger partial charge in [0.15, 0.2) is 0 Å². The first-order valence-electron chi connectivity index (χ1n) is 17.1. The number of thioether (sulfide) groups is 1. The maximum atomic E-state index is 12.9. The fraction of sp³-hybridized carbons (Fsp3) is 0.667. The number of ketones is 1. The van der Waals surface area contributed by atoms with Gasteiger partial charge in [-0.05, 0) is 31.0 Å². The van der Waals surface area contributed by atoms with E-state index < -0.39 is 53.8 Å². The number of carbonyl (C=O) groups excluding carboxylic acids is 5. The van der Waals surface area contributed by atoms with Gasteiger partial charge < -0.3 is 49.4 Å². The number of hydrogen-bond acceptors (Lipinski definition) is 13. The van der Waals surface area contributed by atoms with Gasteiger partial charge in [-0.25, -0.2) is 4.79 Å². The van der Waals surface area contributed by atoms with Gasteiger partial charge >= 0.3 is 18.1 Å². The lowest BCUT2D eigenvalue weighted by atomic mass is 9.93. The molecule has 20 heteroatoms. The summed E-state index contributed by atoms with van der Waals surface area (Å²) in [6, 6.07) is 5.12. The summed E-state index contributed by atoms with van der Waals surface area (Å²) < 4.78 is 66.4. The number of carbonyl (C=O) groups is 5. The number of hydrogen-bond donors (Lipinski definition) is 4. The van der Waals surface area contributed by atoms with Gasteiger partial charge in [-0.15, -0.1) is 11.8 Å². The predicted molar refractivity (Wildman–Crippen MR) is 180 cm³/mol. The molecule has 0 saturated carbocycles. The molecule has 3 aliphatic heterocycles. The van der Waals surface area contributed by atoms with Crippen molar-refractivity contribution in [3.8, 4) is 5.75 Å². The number of halogens is 3. The van der Waals surface area contributed by atoms with E-state index in [1.54, 1.807) is 24.3 Å². The number of benzene rings is 1. The Balaban J connectivity index is 0.976. The molecule has 2 unspecified atom stereocenters. The van der Waals surface area contributed by atoms with Crippen LogP contribution in [0.1, 0.15) is 25.3 Å². The van der Waals surface area contributed by atoms with E-state index >= 15 is 0 Å². The summed E-state index contributed by atoms with van der Waals surface area (Å²) in [5.74, 6) is -1.96. The predicted octanol–water partition coefficient (Wildman–Crippen LogP) is 0.0165. The van der Waals surface area contributed by atoms with Gasteiger partial charge in [0.25, 0.3) is 0 Å². The van der Waals surface area contributed by atoms with E-state index in [2.05, 4.69) is 10.6 Å². The third-order valence-corrected chi connectivity index (χ3v) is 9.84. The molecule has 1 aromatic carbocycles. The molecule has 0 spiro atoms. The number of nitrogens with one attached hydrogen (secondary N) is 2. The summed E-state index contributed by atoms with van der Waals surface area (Å²) in [4.78, 5) is 61.7. The number of nitrogens with zero attached hydrogens (tertiary/aromatic N) is 2. The first-order chi connectivity index (χ1) is 25.3. The number of ether oxygens (including phenoxy) is 5. The molecule has 3 aliphatic rings. The highest BCUT2D eigenvalue weighted by atomic mass is 32.2. The van der Waals surface area contributed by atoms with Crippen molar-refractivity contribution in [1.82, 2.24) is 20.4 Å². The van der Waals surface area contributed by atoms with Crippen LogP contribution in [0, 0.1) is 0 Å². The van der Waals surface area contributed by atoms with Crippen molar-refractivity contribution < 1.29 is 71.0 Å². The standard InChI is InChI=1S/C33H45F3N4O12S/c1-20(41)19-53-25-16-26(42)40(30(25)45)18-21-3-2-4-22(15-21)51-14-13-50-12-11-49-10-9-48-8-6-37-32(47)38-17-24-28(43)29(44)27-23(52-24)5-7-39(27)31(46)33(34,35)36/h2-4,15,23-25,27-29,43-44H,5-14,16-19H2,1H3,(H2,37,38,47)/t23?,24-,25?,27+,28+,29-/m1/s1. The number of fused-ring (bicyclic) bond motifs is 1. The molecule has 5 amide bonds. The lowest BCUT2D eigenvalue weighted by molar-refractivity contribution is -0.207. The van der Waals surface area contributed by atoms with Crippen LogP contribution in [0.5, 0.6) is 5.75 Å². The minimum Gasteiger partial charge on any atom is -0.491 e. The summed E-state index contributed by atoms with van der Waals surface area (Å²) >= 11 is 1.19. The number of Topliss-reactive ketones (excluding diaryl/α,β-unsaturated/α-hetero) is 1. The van der Waals surface area contributed by atoms with E-state index in [1.165, 1.54) is 23.6 Å². The third-order valence-electron chi connectivity index (χ3n) is 8.49. The summed E-state index contributed by atoms with van der Waals surface area (Å²) in [7, 11) is 0. The highest BCUT2D eigenvalue weighted by molar-refractivity contribution is 8.01. The van der Waals surface area contributed by atoms with Crippen molar-refractivity contribution in [2.24, 2.45) is 0 Å². The Labute approximate surface area is 307 Å². The zero-order valence-electron chi connectivity index (χ0n) is 29.1. The average molecular weight is 779 g/mol. The number of alkyl halides is 3. The van der Waals surface area contributed by atoms with Gasteiger partial charge in [-0.2, -0.15) is 13.2 Å². The van der Waals surface area contributed by atoms with Crippen LogP contribution in [0.3, 0.4) is 0 Å². The number of amides is 5. The second-order valence-corrected chi connectivity index (χ2v) is 13.7. The quantitative estimate of drug-likeness (QED) is 0.102. The highest BCUT2D eigenvalue weighted by Crippen LogP contribution is 2.35. The molecular weight excluding hydrogens is 733 g/mol. The third kappa shape index (κ3) is 12.5. The maximum absolute atomic E-state index is 12.9. The first-order valence-corrected chi connectivity index (χ1v) is 18.1. The number of rotatable bonds is 20. The van der Waals surface area contributed by atoms with Crippen LogP contribution in [0.2, 0.25) is 0 Å². The molecule has 0 bridgehead atoms. The smallest absolute Gasteiger partial charge is 0.471 e. The fourth-order valence-corrected chi connectivity index (χ4v) is 6.94. The van der Waals surface area contributed by atoms with Crippen molar-refractivity contribution in [3.63, 3.8) is 0 Å². The molecule has 16 nitrogen and oxygen atoms in total. The van der Waals surface area contributed by atoms with Crippen LogP contribution in [-0.2, 0) is 44.7 Å². The van der Waals surface area contributed by atoms with Crippen LogP contribution in [0.25, 0.3) is 0 Å². The topological polar surface area (TPSA) is 202 Å². The van der Waals surface area contributed by atoms with Gasteiger partial charge in [0.05, 0.1) is 69.3 Å². The summed E-state index contributed by atoms with van der Waals surface area (Å²) in [6.45, 7) is 3.09. The number of urea groups is 1. The Hall–Kier alpha value is -3.53. The number of aliphatic hydroxyl groups is 2. The summed E-state index contributed by atoms with van der Waals surface area (Å²) in [5.41, 5.74) is 0.735. The maximum Gasteiger partial charge on any atom is 0.471 e. The fourth-order valence-electron chi connectivity index (χ4n) is 5.97. The van der Waals surface area contributed by atoms with Crippen LogP contribution in [-0.4, -0.2) is 163 Å². The number of aliphatic hydroxyl groups excluding tert-OH is 2. The van der Waals surface area contributed by atoms with Crippen molar-refractivity contribution in [2.45, 2.75) is 68.2 Å². The lowest BCUT2D eigenvalue weighted by Gasteiger charge is -2.42. The molecular formula is C33H45F3N4O12S. The number of imide groups is 1. The molecule has 0 aliphatic carbocycles. The molecule has 4 N–H and O–H groups in total. The van der Waals surface area contributed by atoms with Crippen molar-refractivity contribution in [3.05, 3.63) is 29.8 Å². The summed E-state index contributed by atoms with van der Waals surface area (Å²) in [6.07, 6.45) is -10.3. The van der Waals surface area contributed by atoms with Crippen LogP contribution in [0.15, 0.2) is 24.3 Å². The summed E-state index contributed by atoms with van der Waals surface area (Å²) in [5, 5.41) is 25.3. The normalized spacial score (nSPS) is 24.3. The molecule has 3 heterocycles. The monoisotopic (exact) mass is 778 g/mol. The SMILES string of the molecule is CC(=O)CSC1CC(=O)N(Cc2cccc(OCCOCCOCCOCCNC(=O)NC[C@H]3OC4CCN(C(=O)C(F)(F)F)[C@@H]4[C@@H](O)[C@H]3O)c2)C1=O. The molecule has 3 saturated heterocycles. The van der Waals surface area contributed by atoms with E-state index in [0.717, 1.165) is 5.56 Å². The minimum absolute atomic E-state index is 0.0438. The van der Waals surface area contributed by atoms with Crippen LogP contribution >= 0.6 is 11.8 Å². The van der Waals surface area contributed by atoms with Crippen molar-refractivity contribution in [2.75, 3.05) is 71.6 Å². The Morgan fingerprint density at radius 3 is 2.34 bits per heavy atom. The van der Waals surface area contributed by atoms with Gasteiger partial charge in [0, 0.05) is 26.1 Å². The minimum atomic E-state index is -5.12. The number of likely N-dealkylation sites (tertiary alicyclic amines) is 2. The second-order valence-electron chi connectivity index (χ2n) is 12.5. The van der Waals surface area contributed by atoms with E-state index in [9.17, 15) is 47.4 Å². The first kappa shape index (κ1) is 42.2. The average Bonchev–Trinajstić information content (AvgIpc) is 3.65. The molecule has 4 rings (SSSR count). The van der Waals surface area contributed by atoms with Gasteiger partial charge in [-0.3, -0.25) is 24.1 Å². The zero-order chi connectivity index (χ0) is 38.5. The van der Waals surface area contributed by atoms with Crippen LogP contribution in [0.4, 0.5) is 18.0 Å². The van der Waals surface area contributed by atoms with E-state index in [1.807, 2.05) is 0 Å². The molecule has 1 aromatic rings. The molecule has 3 fully saturated rings. The zero-order valence-corrected chi connectivity index (χ0v) is 29.9. The van der Waals surface area contributed by atoms with Gasteiger partial charge in [0.2, 0.25) is 11.8 Å². The van der Waals surface area contributed by atoms with Gasteiger partial charge in [0.1, 0.15) is 36.5 Å². The second kappa shape index (κ2) is 20.2. The van der Waals surface area contributed by atoms with Crippen molar-refractivity contribution >= 4 is 41.3 Å². The lowest BCUT2D eigenvalue weighted by Crippen LogP contribution is -2.63. The Kier molecular flexibility index (Phi) is 16.1. The van der Waals surface area contributed by atoms with Crippen LogP contribution < -0.4 is 15.4 Å². The Bertz CT molecular complexity index is 1430. The van der Waals surface area contributed by atoms with E-state index in [0.29, 0.717) is 30.5 Å². The molecule has 53 heavy (non-hydrogen) atoms. The molecule has 0 aromatic heterocycles.